The summed E-state index contributed by atoms with van der Waals surface area (Å²) in [6.45, 7) is 0. The minimum atomic E-state index is -0.360. The van der Waals surface area contributed by atoms with Gasteiger partial charge in [-0.15, -0.1) is 22.7 Å². The molecule has 2 heterocycles. The minimum Gasteiger partial charge on any atom is -0.465 e. The number of carbonyl (C=O) groups is 1. The molecule has 5 nitrogen and oxygen atoms in total. The van der Waals surface area contributed by atoms with Crippen molar-refractivity contribution in [3.63, 3.8) is 0 Å². The average molecular weight is 622 g/mol. The summed E-state index contributed by atoms with van der Waals surface area (Å²) < 4.78 is 7.26. The van der Waals surface area contributed by atoms with Crippen molar-refractivity contribution in [1.82, 2.24) is 9.97 Å². The standard InChI is InChI=1S/C38H27N3O2S2/c1-43-38(42)28-16-22-31(23-17-28)41(29-18-10-26(11-19-29)14-24-36-39-32-6-2-4-8-34(32)44-36)30-20-12-27(13-21-30)15-25-37-40-33-7-3-5-9-35(33)45-37/h2-25H,1H3. The van der Waals surface area contributed by atoms with E-state index < -0.39 is 0 Å². The van der Waals surface area contributed by atoms with E-state index in [2.05, 4.69) is 89.9 Å². The number of nitrogens with zero attached hydrogens (tertiary/aromatic N) is 3. The highest BCUT2D eigenvalue weighted by molar-refractivity contribution is 7.19. The highest BCUT2D eigenvalue weighted by Crippen LogP contribution is 2.35. The Hall–Kier alpha value is -5.37. The van der Waals surface area contributed by atoms with Crippen LogP contribution in [0.15, 0.2) is 121 Å². The third kappa shape index (κ3) is 6.31. The number of benzene rings is 5. The van der Waals surface area contributed by atoms with E-state index in [1.165, 1.54) is 16.5 Å². The number of para-hydroxylation sites is 2. The average Bonchev–Trinajstić information content (AvgIpc) is 3.71. The lowest BCUT2D eigenvalue weighted by Crippen LogP contribution is -2.10. The molecule has 45 heavy (non-hydrogen) atoms. The van der Waals surface area contributed by atoms with Crippen molar-refractivity contribution in [2.24, 2.45) is 0 Å². The first-order chi connectivity index (χ1) is 22.1. The van der Waals surface area contributed by atoms with Gasteiger partial charge < -0.3 is 9.64 Å². The number of esters is 1. The lowest BCUT2D eigenvalue weighted by molar-refractivity contribution is 0.0600. The number of hydrogen-bond acceptors (Lipinski definition) is 7. The van der Waals surface area contributed by atoms with E-state index in [4.69, 9.17) is 14.7 Å². The van der Waals surface area contributed by atoms with Gasteiger partial charge in [-0.1, -0.05) is 60.7 Å². The quantitative estimate of drug-likeness (QED) is 0.158. The summed E-state index contributed by atoms with van der Waals surface area (Å²) in [5.74, 6) is -0.360. The van der Waals surface area contributed by atoms with E-state index >= 15 is 0 Å². The fourth-order valence-corrected chi connectivity index (χ4v) is 6.78. The summed E-state index contributed by atoms with van der Waals surface area (Å²) in [4.78, 5) is 23.7. The first-order valence-corrected chi connectivity index (χ1v) is 16.0. The number of rotatable bonds is 8. The molecule has 0 fully saturated rings. The zero-order chi connectivity index (χ0) is 30.6. The number of anilines is 3. The van der Waals surface area contributed by atoms with Crippen molar-refractivity contribution in [2.45, 2.75) is 0 Å². The molecule has 0 amide bonds. The van der Waals surface area contributed by atoms with Crippen LogP contribution in [0, 0.1) is 0 Å². The zero-order valence-electron chi connectivity index (χ0n) is 24.3. The van der Waals surface area contributed by atoms with Crippen LogP contribution >= 0.6 is 22.7 Å². The molecule has 0 radical (unpaired) electrons. The molecule has 218 valence electrons. The Morgan fingerprint density at radius 3 is 1.42 bits per heavy atom. The molecule has 0 N–H and O–H groups in total. The number of ether oxygens (including phenoxy) is 1. The predicted octanol–water partition coefficient (Wildman–Crippen LogP) is 10.5. The first-order valence-electron chi connectivity index (χ1n) is 14.4. The number of aromatic nitrogens is 2. The SMILES string of the molecule is COC(=O)c1ccc(N(c2ccc(C=Cc3nc4ccccc4s3)cc2)c2ccc(C=Cc3nc4ccccc4s3)cc2)cc1. The van der Waals surface area contributed by atoms with Gasteiger partial charge in [0.25, 0.3) is 0 Å². The summed E-state index contributed by atoms with van der Waals surface area (Å²) in [5.41, 5.74) is 7.62. The molecule has 0 aliphatic rings. The van der Waals surface area contributed by atoms with Gasteiger partial charge in [-0.2, -0.15) is 0 Å². The zero-order valence-corrected chi connectivity index (χ0v) is 26.0. The summed E-state index contributed by atoms with van der Waals surface area (Å²) in [6.07, 6.45) is 8.29. The van der Waals surface area contributed by atoms with Gasteiger partial charge in [-0.05, 0) is 96.1 Å². The van der Waals surface area contributed by atoms with Gasteiger partial charge in [-0.25, -0.2) is 14.8 Å². The number of fused-ring (bicyclic) bond motifs is 2. The molecule has 0 unspecified atom stereocenters. The maximum absolute atomic E-state index is 12.1. The Kier molecular flexibility index (Phi) is 8.02. The Bertz CT molecular complexity index is 1970. The van der Waals surface area contributed by atoms with Crippen molar-refractivity contribution in [3.05, 3.63) is 148 Å². The van der Waals surface area contributed by atoms with Crippen LogP contribution in [0.25, 0.3) is 44.7 Å². The minimum absolute atomic E-state index is 0.360. The molecular weight excluding hydrogens is 595 g/mol. The summed E-state index contributed by atoms with van der Waals surface area (Å²) >= 11 is 3.36. The smallest absolute Gasteiger partial charge is 0.337 e. The topological polar surface area (TPSA) is 55.3 Å². The van der Waals surface area contributed by atoms with Gasteiger partial charge >= 0.3 is 5.97 Å². The molecule has 0 atom stereocenters. The Morgan fingerprint density at radius 1 is 0.578 bits per heavy atom. The molecule has 0 aliphatic heterocycles. The fraction of sp³-hybridized carbons (Fsp3) is 0.0263. The number of thiazole rings is 2. The van der Waals surface area contributed by atoms with Crippen LogP contribution in [0.2, 0.25) is 0 Å². The molecule has 7 rings (SSSR count). The second-order valence-corrected chi connectivity index (χ2v) is 12.4. The molecule has 2 aromatic heterocycles. The first kappa shape index (κ1) is 28.4. The molecule has 0 saturated heterocycles. The number of hydrogen-bond donors (Lipinski definition) is 0. The van der Waals surface area contributed by atoms with E-state index in [-0.39, 0.29) is 5.97 Å². The highest BCUT2D eigenvalue weighted by Gasteiger charge is 2.14. The van der Waals surface area contributed by atoms with Crippen LogP contribution in [0.1, 0.15) is 31.5 Å². The van der Waals surface area contributed by atoms with Crippen LogP contribution in [0.3, 0.4) is 0 Å². The van der Waals surface area contributed by atoms with Crippen molar-refractivity contribution in [3.8, 4) is 0 Å². The maximum Gasteiger partial charge on any atom is 0.337 e. The second kappa shape index (κ2) is 12.7. The van der Waals surface area contributed by atoms with Gasteiger partial charge in [0.1, 0.15) is 10.0 Å². The highest BCUT2D eigenvalue weighted by atomic mass is 32.1. The van der Waals surface area contributed by atoms with Crippen LogP contribution in [0.5, 0.6) is 0 Å². The van der Waals surface area contributed by atoms with Gasteiger partial charge in [0.15, 0.2) is 0 Å². The summed E-state index contributed by atoms with van der Waals surface area (Å²) in [6, 6.07) is 40.6. The molecule has 0 aliphatic carbocycles. The summed E-state index contributed by atoms with van der Waals surface area (Å²) in [7, 11) is 1.39. The van der Waals surface area contributed by atoms with E-state index in [1.807, 2.05) is 48.5 Å². The largest absolute Gasteiger partial charge is 0.465 e. The van der Waals surface area contributed by atoms with E-state index in [0.29, 0.717) is 5.56 Å². The second-order valence-electron chi connectivity index (χ2n) is 10.3. The third-order valence-electron chi connectivity index (χ3n) is 7.31. The van der Waals surface area contributed by atoms with Crippen LogP contribution < -0.4 is 4.90 Å². The summed E-state index contributed by atoms with van der Waals surface area (Å²) in [5, 5.41) is 1.95. The number of methoxy groups -OCH3 is 1. The van der Waals surface area contributed by atoms with Crippen molar-refractivity contribution < 1.29 is 9.53 Å². The molecule has 5 aromatic carbocycles. The van der Waals surface area contributed by atoms with Crippen LogP contribution in [-0.4, -0.2) is 23.0 Å². The molecule has 0 bridgehead atoms. The van der Waals surface area contributed by atoms with E-state index in [1.54, 1.807) is 34.8 Å². The molecular formula is C38H27N3O2S2. The third-order valence-corrected chi connectivity index (χ3v) is 9.31. The van der Waals surface area contributed by atoms with Gasteiger partial charge in [0, 0.05) is 17.1 Å². The maximum atomic E-state index is 12.1. The molecule has 7 heteroatoms. The fourth-order valence-electron chi connectivity index (χ4n) is 5.04. The molecule has 0 spiro atoms. The van der Waals surface area contributed by atoms with E-state index in [0.717, 1.165) is 49.2 Å². The lowest BCUT2D eigenvalue weighted by atomic mass is 10.1. The monoisotopic (exact) mass is 621 g/mol. The van der Waals surface area contributed by atoms with Gasteiger partial charge in [-0.3, -0.25) is 0 Å². The Morgan fingerprint density at radius 2 is 1.00 bits per heavy atom. The normalized spacial score (nSPS) is 11.6. The van der Waals surface area contributed by atoms with E-state index in [9.17, 15) is 4.79 Å². The molecule has 0 saturated carbocycles. The van der Waals surface area contributed by atoms with Crippen molar-refractivity contribution >= 4 is 90.4 Å². The number of carbonyl (C=O) groups excluding carboxylic acids is 1. The molecule has 7 aromatic rings. The van der Waals surface area contributed by atoms with Crippen molar-refractivity contribution in [2.75, 3.05) is 12.0 Å². The van der Waals surface area contributed by atoms with Gasteiger partial charge in [0.05, 0.1) is 33.1 Å². The lowest BCUT2D eigenvalue weighted by Gasteiger charge is -2.26. The van der Waals surface area contributed by atoms with Crippen molar-refractivity contribution in [1.29, 1.82) is 0 Å². The van der Waals surface area contributed by atoms with Gasteiger partial charge in [0.2, 0.25) is 0 Å². The Labute approximate surface area is 269 Å². The Balaban J connectivity index is 1.16. The van der Waals surface area contributed by atoms with Crippen LogP contribution in [-0.2, 0) is 4.74 Å². The predicted molar refractivity (Wildman–Crippen MR) is 190 cm³/mol. The van der Waals surface area contributed by atoms with Crippen LogP contribution in [0.4, 0.5) is 17.1 Å².